The third-order valence-electron chi connectivity index (χ3n) is 0.796. The summed E-state index contributed by atoms with van der Waals surface area (Å²) in [6.07, 6.45) is 4.97. The van der Waals surface area contributed by atoms with Crippen LogP contribution in [0.25, 0.3) is 0 Å². The number of unbranched alkanes of at least 4 members (excludes halogenated alkanes) is 1. The Morgan fingerprint density at radius 1 is 1.62 bits per heavy atom. The van der Waals surface area contributed by atoms with Gasteiger partial charge in [-0.2, -0.15) is 0 Å². The van der Waals surface area contributed by atoms with E-state index in [4.69, 9.17) is 0 Å². The second-order valence-corrected chi connectivity index (χ2v) is 1.66. The maximum absolute atomic E-state index is 11.9. The molecule has 8 heavy (non-hydrogen) atoms. The predicted molar refractivity (Wildman–Crippen MR) is 34.3 cm³/mol. The van der Waals surface area contributed by atoms with E-state index in [1.165, 1.54) is 6.92 Å². The summed E-state index contributed by atoms with van der Waals surface area (Å²) in [6.45, 7) is 4.95. The van der Waals surface area contributed by atoms with Gasteiger partial charge < -0.3 is 0 Å². The van der Waals surface area contributed by atoms with Crippen molar-refractivity contribution in [3.8, 4) is 0 Å². The van der Waals surface area contributed by atoms with Crippen molar-refractivity contribution < 1.29 is 4.39 Å². The molecule has 0 bridgehead atoms. The maximum Gasteiger partial charge on any atom is 0.0929 e. The van der Waals surface area contributed by atoms with Crippen LogP contribution in [0.1, 0.15) is 19.8 Å². The van der Waals surface area contributed by atoms with Crippen LogP contribution >= 0.6 is 0 Å². The third-order valence-corrected chi connectivity index (χ3v) is 0.796. The minimum atomic E-state index is -0.105. The molecule has 0 fully saturated rings. The molecule has 46 valence electrons. The number of rotatable bonds is 3. The zero-order valence-corrected chi connectivity index (χ0v) is 5.15. The Bertz CT molecular complexity index is 88.6. The van der Waals surface area contributed by atoms with E-state index >= 15 is 0 Å². The first-order valence-corrected chi connectivity index (χ1v) is 2.70. The molecule has 0 nitrogen and oxygen atoms in total. The molecular weight excluding hydrogens is 103 g/mol. The lowest BCUT2D eigenvalue weighted by atomic mass is 10.3. The van der Waals surface area contributed by atoms with E-state index in [9.17, 15) is 4.39 Å². The molecule has 0 aliphatic heterocycles. The fourth-order valence-electron chi connectivity index (χ4n) is 0.400. The molecule has 0 radical (unpaired) electrons. The lowest BCUT2D eigenvalue weighted by molar-refractivity contribution is 0.633. The monoisotopic (exact) mass is 114 g/mol. The largest absolute Gasteiger partial charge is 0.212 e. The molecule has 0 aromatic heterocycles. The summed E-state index contributed by atoms with van der Waals surface area (Å²) in [5.74, 6) is -0.105. The highest BCUT2D eigenvalue weighted by Crippen LogP contribution is 1.98. The van der Waals surface area contributed by atoms with E-state index < -0.39 is 0 Å². The summed E-state index contributed by atoms with van der Waals surface area (Å²) in [5.41, 5.74) is 0. The zero-order chi connectivity index (χ0) is 6.41. The highest BCUT2D eigenvalue weighted by atomic mass is 19.1. The molecule has 0 aliphatic rings. The number of hydrogen-bond donors (Lipinski definition) is 0. The Hall–Kier alpha value is -0.590. The van der Waals surface area contributed by atoms with Crippen LogP contribution in [0, 0.1) is 0 Å². The molecule has 0 rings (SSSR count). The van der Waals surface area contributed by atoms with E-state index in [0.717, 1.165) is 12.8 Å². The van der Waals surface area contributed by atoms with Crippen LogP contribution < -0.4 is 0 Å². The van der Waals surface area contributed by atoms with Crippen molar-refractivity contribution in [3.05, 3.63) is 24.6 Å². The van der Waals surface area contributed by atoms with Crippen LogP contribution in [0.4, 0.5) is 4.39 Å². The lowest BCUT2D eigenvalue weighted by Crippen LogP contribution is -1.64. The molecular formula is C7H11F. The molecule has 0 aromatic rings. The Morgan fingerprint density at radius 3 is 2.62 bits per heavy atom. The summed E-state index contributed by atoms with van der Waals surface area (Å²) in [7, 11) is 0. The van der Waals surface area contributed by atoms with Gasteiger partial charge in [-0.25, -0.2) is 4.39 Å². The van der Waals surface area contributed by atoms with Crippen molar-refractivity contribution in [1.82, 2.24) is 0 Å². The molecule has 0 unspecified atom stereocenters. The molecule has 0 saturated carbocycles. The van der Waals surface area contributed by atoms with Crippen LogP contribution in [0.15, 0.2) is 24.6 Å². The number of hydrogen-bond acceptors (Lipinski definition) is 0. The van der Waals surface area contributed by atoms with Crippen molar-refractivity contribution in [2.45, 2.75) is 19.8 Å². The molecule has 0 aromatic carbocycles. The fourth-order valence-corrected chi connectivity index (χ4v) is 0.400. The maximum atomic E-state index is 11.9. The summed E-state index contributed by atoms with van der Waals surface area (Å²) in [4.78, 5) is 0. The van der Waals surface area contributed by atoms with Crippen molar-refractivity contribution in [2.24, 2.45) is 0 Å². The summed E-state index contributed by atoms with van der Waals surface area (Å²) < 4.78 is 11.9. The van der Waals surface area contributed by atoms with Gasteiger partial charge in [-0.15, -0.1) is 6.58 Å². The molecule has 0 N–H and O–H groups in total. The highest BCUT2D eigenvalue weighted by Gasteiger charge is 1.78. The lowest BCUT2D eigenvalue weighted by Gasteiger charge is -1.83. The zero-order valence-electron chi connectivity index (χ0n) is 5.15. The van der Waals surface area contributed by atoms with Gasteiger partial charge in [0.15, 0.2) is 0 Å². The Kier molecular flexibility index (Phi) is 4.23. The van der Waals surface area contributed by atoms with Gasteiger partial charge in [0.2, 0.25) is 0 Å². The molecule has 1 heteroatoms. The van der Waals surface area contributed by atoms with Crippen LogP contribution in [0.5, 0.6) is 0 Å². The van der Waals surface area contributed by atoms with Crippen LogP contribution in [0.2, 0.25) is 0 Å². The van der Waals surface area contributed by atoms with E-state index in [1.807, 2.05) is 0 Å². The van der Waals surface area contributed by atoms with Gasteiger partial charge >= 0.3 is 0 Å². The Labute approximate surface area is 49.7 Å². The molecule has 0 aliphatic carbocycles. The average Bonchev–Trinajstić information content (AvgIpc) is 1.66. The molecule has 0 atom stereocenters. The van der Waals surface area contributed by atoms with Crippen molar-refractivity contribution >= 4 is 0 Å². The van der Waals surface area contributed by atoms with Gasteiger partial charge in [0, 0.05) is 0 Å². The van der Waals surface area contributed by atoms with Gasteiger partial charge in [0.25, 0.3) is 0 Å². The summed E-state index contributed by atoms with van der Waals surface area (Å²) in [6, 6.07) is 0. The second-order valence-electron chi connectivity index (χ2n) is 1.66. The normalized spacial score (nSPS) is 11.5. The summed E-state index contributed by atoms with van der Waals surface area (Å²) >= 11 is 0. The SMILES string of the molecule is C=CCC/C=C(\C)F. The minimum Gasteiger partial charge on any atom is -0.212 e. The first-order valence-electron chi connectivity index (χ1n) is 2.70. The predicted octanol–water partition coefficient (Wildman–Crippen LogP) is 2.83. The quantitative estimate of drug-likeness (QED) is 0.391. The van der Waals surface area contributed by atoms with Gasteiger partial charge in [-0.3, -0.25) is 0 Å². The summed E-state index contributed by atoms with van der Waals surface area (Å²) in [5, 5.41) is 0. The second kappa shape index (κ2) is 4.57. The highest BCUT2D eigenvalue weighted by molar-refractivity contribution is 4.87. The van der Waals surface area contributed by atoms with Gasteiger partial charge in [0.05, 0.1) is 5.83 Å². The first kappa shape index (κ1) is 7.41. The van der Waals surface area contributed by atoms with Gasteiger partial charge in [-0.05, 0) is 19.8 Å². The minimum absolute atomic E-state index is 0.105. The Morgan fingerprint density at radius 2 is 2.25 bits per heavy atom. The topological polar surface area (TPSA) is 0 Å². The van der Waals surface area contributed by atoms with E-state index in [2.05, 4.69) is 6.58 Å². The molecule has 0 saturated heterocycles. The van der Waals surface area contributed by atoms with E-state index in [-0.39, 0.29) is 5.83 Å². The number of allylic oxidation sites excluding steroid dienone is 3. The van der Waals surface area contributed by atoms with E-state index in [1.54, 1.807) is 12.2 Å². The van der Waals surface area contributed by atoms with Gasteiger partial charge in [0.1, 0.15) is 0 Å². The average molecular weight is 114 g/mol. The van der Waals surface area contributed by atoms with Crippen LogP contribution in [-0.4, -0.2) is 0 Å². The first-order chi connectivity index (χ1) is 3.77. The smallest absolute Gasteiger partial charge is 0.0929 e. The van der Waals surface area contributed by atoms with Crippen LogP contribution in [-0.2, 0) is 0 Å². The number of halogens is 1. The van der Waals surface area contributed by atoms with E-state index in [0.29, 0.717) is 0 Å². The van der Waals surface area contributed by atoms with Crippen molar-refractivity contribution in [2.75, 3.05) is 0 Å². The van der Waals surface area contributed by atoms with Gasteiger partial charge in [-0.1, -0.05) is 12.2 Å². The van der Waals surface area contributed by atoms with Crippen molar-refractivity contribution in [3.63, 3.8) is 0 Å². The standard InChI is InChI=1S/C7H11F/c1-3-4-5-6-7(2)8/h3,6H,1,4-5H2,2H3/b7-6+. The van der Waals surface area contributed by atoms with Crippen molar-refractivity contribution in [1.29, 1.82) is 0 Å². The Balaban J connectivity index is 3.15. The third kappa shape index (κ3) is 5.41. The molecule has 0 amide bonds. The molecule has 0 spiro atoms. The van der Waals surface area contributed by atoms with Crippen LogP contribution in [0.3, 0.4) is 0 Å². The fraction of sp³-hybridized carbons (Fsp3) is 0.429. The molecule has 0 heterocycles.